The van der Waals surface area contributed by atoms with Gasteiger partial charge in [-0.15, -0.1) is 11.3 Å². The summed E-state index contributed by atoms with van der Waals surface area (Å²) in [5, 5.41) is 5.71. The molecule has 0 atom stereocenters. The number of anilines is 2. The maximum Gasteiger partial charge on any atom is 0.410 e. The van der Waals surface area contributed by atoms with Gasteiger partial charge in [-0.25, -0.2) is 9.78 Å². The molecule has 1 fully saturated rings. The van der Waals surface area contributed by atoms with Crippen molar-refractivity contribution in [1.82, 2.24) is 9.88 Å². The number of thiophene rings is 1. The van der Waals surface area contributed by atoms with Crippen molar-refractivity contribution in [2.75, 3.05) is 36.4 Å². The molecule has 0 saturated carbocycles. The number of nitrogens with zero attached hydrogens (tertiary/aromatic N) is 3. The van der Waals surface area contributed by atoms with Crippen molar-refractivity contribution in [1.29, 1.82) is 0 Å². The predicted molar refractivity (Wildman–Crippen MR) is 161 cm³/mol. The summed E-state index contributed by atoms with van der Waals surface area (Å²) in [7, 11) is 0. The number of hydrogen-bond acceptors (Lipinski definition) is 8. The van der Waals surface area contributed by atoms with Crippen molar-refractivity contribution in [3.8, 4) is 16.2 Å². The summed E-state index contributed by atoms with van der Waals surface area (Å²) in [5.74, 6) is 0.300. The molecule has 0 aliphatic carbocycles. The van der Waals surface area contributed by atoms with Crippen LogP contribution in [0.2, 0.25) is 0 Å². The number of hydrogen-bond donors (Lipinski definition) is 1. The fourth-order valence-electron chi connectivity index (χ4n) is 4.54. The number of fused-ring (bicyclic) bond motifs is 1. The van der Waals surface area contributed by atoms with Crippen LogP contribution in [-0.2, 0) is 9.53 Å². The number of aromatic nitrogens is 1. The van der Waals surface area contributed by atoms with E-state index in [0.29, 0.717) is 37.4 Å². The lowest BCUT2D eigenvalue weighted by molar-refractivity contribution is -0.131. The summed E-state index contributed by atoms with van der Waals surface area (Å²) >= 11 is 1.58. The number of rotatable bonds is 5. The van der Waals surface area contributed by atoms with E-state index in [9.17, 15) is 14.4 Å². The van der Waals surface area contributed by atoms with Crippen molar-refractivity contribution in [2.45, 2.75) is 33.3 Å². The zero-order valence-electron chi connectivity index (χ0n) is 23.5. The first-order valence-corrected chi connectivity index (χ1v) is 14.2. The van der Waals surface area contributed by atoms with Gasteiger partial charge in [-0.3, -0.25) is 9.59 Å². The second kappa shape index (κ2) is 11.6. The summed E-state index contributed by atoms with van der Waals surface area (Å²) in [6.07, 6.45) is -0.298. The van der Waals surface area contributed by atoms with Gasteiger partial charge in [-0.05, 0) is 86.3 Å². The quantitative estimate of drug-likeness (QED) is 0.225. The average Bonchev–Trinajstić information content (AvgIpc) is 3.47. The molecule has 0 spiro atoms. The van der Waals surface area contributed by atoms with Gasteiger partial charge in [0.2, 0.25) is 0 Å². The zero-order chi connectivity index (χ0) is 29.1. The van der Waals surface area contributed by atoms with E-state index in [1.807, 2.05) is 62.5 Å². The number of carbonyl (C=O) groups is 3. The molecule has 9 nitrogen and oxygen atoms in total. The van der Waals surface area contributed by atoms with Crippen LogP contribution >= 0.6 is 11.3 Å². The molecule has 2 aromatic carbocycles. The lowest BCUT2D eigenvalue weighted by atomic mass is 10.1. The van der Waals surface area contributed by atoms with Crippen LogP contribution in [0.25, 0.3) is 21.3 Å². The van der Waals surface area contributed by atoms with Crippen LogP contribution in [-0.4, -0.2) is 59.6 Å². The number of carbonyl (C=O) groups excluding carboxylic acids is 3. The highest BCUT2D eigenvalue weighted by atomic mass is 32.1. The van der Waals surface area contributed by atoms with Crippen molar-refractivity contribution < 1.29 is 23.9 Å². The molecule has 1 aliphatic heterocycles. The molecular formula is C31H32N4O5S. The Morgan fingerprint density at radius 2 is 1.73 bits per heavy atom. The van der Waals surface area contributed by atoms with E-state index in [2.05, 4.69) is 10.2 Å². The summed E-state index contributed by atoms with van der Waals surface area (Å²) in [5.41, 5.74) is 2.01. The predicted octanol–water partition coefficient (Wildman–Crippen LogP) is 6.20. The minimum Gasteiger partial charge on any atom is -0.444 e. The minimum absolute atomic E-state index is 0.282. The standard InChI is InChI=1S/C31H32N4O5S/c1-20(36)39-26-11-8-22(27-6-5-17-41-27)19-25(26)33-29(37)23-7-10-24-21(18-23)9-12-28(32-24)34-13-15-35(16-14-34)30(38)40-31(2,3)4/h5-12,17-19H,13-16H2,1-4H3,(H,33,37). The van der Waals surface area contributed by atoms with Crippen molar-refractivity contribution in [2.24, 2.45) is 0 Å². The second-order valence-electron chi connectivity index (χ2n) is 10.8. The summed E-state index contributed by atoms with van der Waals surface area (Å²) < 4.78 is 10.8. The third kappa shape index (κ3) is 6.83. The van der Waals surface area contributed by atoms with E-state index in [0.717, 1.165) is 27.2 Å². The number of benzene rings is 2. The number of nitrogens with one attached hydrogen (secondary N) is 1. The first-order chi connectivity index (χ1) is 19.6. The molecule has 0 bridgehead atoms. The highest BCUT2D eigenvalue weighted by Crippen LogP contribution is 2.33. The SMILES string of the molecule is CC(=O)Oc1ccc(-c2cccs2)cc1NC(=O)c1ccc2nc(N3CCN(C(=O)OC(C)(C)C)CC3)ccc2c1. The van der Waals surface area contributed by atoms with Gasteiger partial charge in [0, 0.05) is 48.9 Å². The zero-order valence-corrected chi connectivity index (χ0v) is 24.3. The molecule has 2 amide bonds. The molecule has 212 valence electrons. The molecule has 0 radical (unpaired) electrons. The molecule has 3 heterocycles. The Balaban J connectivity index is 1.29. The Morgan fingerprint density at radius 1 is 0.951 bits per heavy atom. The maximum atomic E-state index is 13.3. The number of amides is 2. The maximum absolute atomic E-state index is 13.3. The van der Waals surface area contributed by atoms with Gasteiger partial charge in [-0.2, -0.15) is 0 Å². The highest BCUT2D eigenvalue weighted by molar-refractivity contribution is 7.13. The van der Waals surface area contributed by atoms with Gasteiger partial charge in [0.25, 0.3) is 5.91 Å². The van der Waals surface area contributed by atoms with Crippen LogP contribution in [0.15, 0.2) is 66.0 Å². The van der Waals surface area contributed by atoms with Gasteiger partial charge in [0.15, 0.2) is 5.75 Å². The first kappa shape index (κ1) is 28.1. The van der Waals surface area contributed by atoms with Crippen molar-refractivity contribution >= 4 is 51.7 Å². The van der Waals surface area contributed by atoms with Crippen LogP contribution < -0.4 is 15.0 Å². The molecule has 1 aliphatic rings. The fraction of sp³-hybridized carbons (Fsp3) is 0.290. The fourth-order valence-corrected chi connectivity index (χ4v) is 5.26. The van der Waals surface area contributed by atoms with Gasteiger partial charge >= 0.3 is 12.1 Å². The average molecular weight is 573 g/mol. The van der Waals surface area contributed by atoms with E-state index >= 15 is 0 Å². The van der Waals surface area contributed by atoms with Gasteiger partial charge in [-0.1, -0.05) is 6.07 Å². The second-order valence-corrected chi connectivity index (χ2v) is 11.7. The van der Waals surface area contributed by atoms with Crippen LogP contribution in [0.3, 0.4) is 0 Å². The smallest absolute Gasteiger partial charge is 0.410 e. The normalized spacial score (nSPS) is 13.7. The highest BCUT2D eigenvalue weighted by Gasteiger charge is 2.26. The molecule has 2 aromatic heterocycles. The van der Waals surface area contributed by atoms with E-state index in [1.165, 1.54) is 6.92 Å². The summed E-state index contributed by atoms with van der Waals surface area (Å²) in [4.78, 5) is 47.0. The number of piperazine rings is 1. The minimum atomic E-state index is -0.525. The topological polar surface area (TPSA) is 101 Å². The van der Waals surface area contributed by atoms with Crippen molar-refractivity contribution in [3.63, 3.8) is 0 Å². The van der Waals surface area contributed by atoms with Gasteiger partial charge in [0.05, 0.1) is 11.2 Å². The molecule has 1 saturated heterocycles. The Hall–Kier alpha value is -4.44. The summed E-state index contributed by atoms with van der Waals surface area (Å²) in [6, 6.07) is 18.5. The Kier molecular flexibility index (Phi) is 7.94. The number of ether oxygens (including phenoxy) is 2. The third-order valence-corrected chi connectivity index (χ3v) is 7.40. The third-order valence-electron chi connectivity index (χ3n) is 6.48. The number of esters is 1. The largest absolute Gasteiger partial charge is 0.444 e. The van der Waals surface area contributed by atoms with Crippen molar-refractivity contribution in [3.05, 3.63) is 71.6 Å². The van der Waals surface area contributed by atoms with Gasteiger partial charge in [0.1, 0.15) is 11.4 Å². The first-order valence-electron chi connectivity index (χ1n) is 13.4. The van der Waals surface area contributed by atoms with E-state index < -0.39 is 11.6 Å². The number of pyridine rings is 1. The lowest BCUT2D eigenvalue weighted by Crippen LogP contribution is -2.50. The van der Waals surface area contributed by atoms with Crippen LogP contribution in [0, 0.1) is 0 Å². The van der Waals surface area contributed by atoms with E-state index in [1.54, 1.807) is 40.5 Å². The molecule has 1 N–H and O–H groups in total. The molecule has 5 rings (SSSR count). The molecule has 10 heteroatoms. The summed E-state index contributed by atoms with van der Waals surface area (Å²) in [6.45, 7) is 9.30. The molecular weight excluding hydrogens is 540 g/mol. The Labute approximate surface area is 242 Å². The van der Waals surface area contributed by atoms with E-state index in [-0.39, 0.29) is 17.7 Å². The monoisotopic (exact) mass is 572 g/mol. The van der Waals surface area contributed by atoms with Crippen LogP contribution in [0.4, 0.5) is 16.3 Å². The lowest BCUT2D eigenvalue weighted by Gasteiger charge is -2.36. The molecule has 41 heavy (non-hydrogen) atoms. The molecule has 4 aromatic rings. The Bertz CT molecular complexity index is 1590. The van der Waals surface area contributed by atoms with E-state index in [4.69, 9.17) is 14.5 Å². The van der Waals surface area contributed by atoms with Crippen LogP contribution in [0.5, 0.6) is 5.75 Å². The van der Waals surface area contributed by atoms with Crippen LogP contribution in [0.1, 0.15) is 38.1 Å². The van der Waals surface area contributed by atoms with Gasteiger partial charge < -0.3 is 24.6 Å². The molecule has 0 unspecified atom stereocenters. The Morgan fingerprint density at radius 3 is 2.41 bits per heavy atom.